The predicted molar refractivity (Wildman–Crippen MR) is 108 cm³/mol. The molecule has 3 aromatic rings. The highest BCUT2D eigenvalue weighted by Crippen LogP contribution is 2.38. The molecular formula is C19H16BrClN4O3. The lowest BCUT2D eigenvalue weighted by Crippen LogP contribution is -2.18. The highest BCUT2D eigenvalue weighted by atomic mass is 79.9. The van der Waals surface area contributed by atoms with Gasteiger partial charge in [-0.25, -0.2) is 9.67 Å². The molecule has 1 amide bonds. The molecule has 0 saturated carbocycles. The zero-order valence-corrected chi connectivity index (χ0v) is 17.0. The maximum atomic E-state index is 12.3. The molecule has 0 aliphatic carbocycles. The van der Waals surface area contributed by atoms with Crippen molar-refractivity contribution in [1.82, 2.24) is 14.8 Å². The number of nitrogens with one attached hydrogen (secondary N) is 1. The van der Waals surface area contributed by atoms with Gasteiger partial charge in [0.2, 0.25) is 11.9 Å². The second-order valence-corrected chi connectivity index (χ2v) is 7.54. The summed E-state index contributed by atoms with van der Waals surface area (Å²) in [5, 5.41) is 7.42. The van der Waals surface area contributed by atoms with E-state index >= 15 is 0 Å². The maximum absolute atomic E-state index is 12.3. The molecule has 1 aromatic heterocycles. The number of rotatable bonds is 5. The molecule has 0 spiro atoms. The van der Waals surface area contributed by atoms with E-state index < -0.39 is 0 Å². The highest BCUT2D eigenvalue weighted by molar-refractivity contribution is 9.10. The Morgan fingerprint density at radius 1 is 1.18 bits per heavy atom. The van der Waals surface area contributed by atoms with Crippen molar-refractivity contribution in [3.8, 4) is 11.5 Å². The minimum absolute atomic E-state index is 0.123. The summed E-state index contributed by atoms with van der Waals surface area (Å²) in [4.78, 5) is 16.5. The molecule has 28 heavy (non-hydrogen) atoms. The van der Waals surface area contributed by atoms with Gasteiger partial charge in [0.1, 0.15) is 19.5 Å². The summed E-state index contributed by atoms with van der Waals surface area (Å²) in [6.45, 7) is 1.48. The van der Waals surface area contributed by atoms with Crippen molar-refractivity contribution in [1.29, 1.82) is 0 Å². The van der Waals surface area contributed by atoms with Crippen LogP contribution < -0.4 is 14.8 Å². The summed E-state index contributed by atoms with van der Waals surface area (Å²) >= 11 is 9.62. The van der Waals surface area contributed by atoms with Crippen LogP contribution in [0, 0.1) is 0 Å². The van der Waals surface area contributed by atoms with Crippen molar-refractivity contribution in [2.75, 3.05) is 18.5 Å². The first kappa shape index (κ1) is 18.8. The molecular weight excluding hydrogens is 448 g/mol. The molecule has 7 nitrogen and oxygen atoms in total. The number of anilines is 1. The van der Waals surface area contributed by atoms with Crippen LogP contribution in [0.5, 0.6) is 11.5 Å². The lowest BCUT2D eigenvalue weighted by atomic mass is 10.1. The second-order valence-electron chi connectivity index (χ2n) is 6.22. The number of carbonyl (C=O) groups is 1. The van der Waals surface area contributed by atoms with Crippen LogP contribution >= 0.6 is 27.5 Å². The van der Waals surface area contributed by atoms with Gasteiger partial charge in [-0.1, -0.05) is 39.7 Å². The third-order valence-corrected chi connectivity index (χ3v) is 4.88. The van der Waals surface area contributed by atoms with Crippen LogP contribution in [0.3, 0.4) is 0 Å². The predicted octanol–water partition coefficient (Wildman–Crippen LogP) is 3.69. The van der Waals surface area contributed by atoms with E-state index in [1.807, 2.05) is 24.3 Å². The van der Waals surface area contributed by atoms with Gasteiger partial charge in [0.05, 0.1) is 18.0 Å². The number of carbonyl (C=O) groups excluding carboxylic acids is 1. The van der Waals surface area contributed by atoms with E-state index in [9.17, 15) is 4.79 Å². The number of ether oxygens (including phenoxy) is 2. The van der Waals surface area contributed by atoms with Crippen molar-refractivity contribution < 1.29 is 14.3 Å². The summed E-state index contributed by atoms with van der Waals surface area (Å²) in [5.74, 6) is 1.09. The molecule has 0 fully saturated rings. The minimum Gasteiger partial charge on any atom is -0.486 e. The Hall–Kier alpha value is -2.58. The molecule has 1 aliphatic heterocycles. The fourth-order valence-corrected chi connectivity index (χ4v) is 3.38. The van der Waals surface area contributed by atoms with Crippen LogP contribution in [0.25, 0.3) is 0 Å². The van der Waals surface area contributed by atoms with E-state index in [1.54, 1.807) is 23.1 Å². The first-order valence-corrected chi connectivity index (χ1v) is 9.76. The Balaban J connectivity index is 1.38. The van der Waals surface area contributed by atoms with Crippen LogP contribution in [0.1, 0.15) is 11.1 Å². The van der Waals surface area contributed by atoms with Gasteiger partial charge in [-0.2, -0.15) is 0 Å². The third kappa shape index (κ3) is 4.45. The van der Waals surface area contributed by atoms with E-state index in [1.165, 1.54) is 0 Å². The fraction of sp³-hybridized carbons (Fsp3) is 0.211. The summed E-state index contributed by atoms with van der Waals surface area (Å²) in [6.07, 6.45) is 1.70. The van der Waals surface area contributed by atoms with Crippen LogP contribution in [-0.2, 0) is 17.8 Å². The first-order valence-electron chi connectivity index (χ1n) is 8.58. The Morgan fingerprint density at radius 3 is 2.79 bits per heavy atom. The fourth-order valence-electron chi connectivity index (χ4n) is 2.83. The van der Waals surface area contributed by atoms with Gasteiger partial charge in [-0.3, -0.25) is 10.1 Å². The molecule has 1 N–H and O–H groups in total. The van der Waals surface area contributed by atoms with Gasteiger partial charge in [0.15, 0.2) is 11.5 Å². The topological polar surface area (TPSA) is 78.3 Å². The van der Waals surface area contributed by atoms with Gasteiger partial charge < -0.3 is 9.47 Å². The largest absolute Gasteiger partial charge is 0.486 e. The van der Waals surface area contributed by atoms with Crippen molar-refractivity contribution in [2.45, 2.75) is 13.0 Å². The standard InChI is InChI=1S/C19H16BrClN4O3/c20-14-3-1-12(2-4-14)10-25-11-22-19(24-25)23-17(26)9-13-7-15(21)18-16(8-13)27-5-6-28-18/h1-4,7-8,11H,5-6,9-10H2,(H,23,24,26). The lowest BCUT2D eigenvalue weighted by molar-refractivity contribution is -0.115. The number of fused-ring (bicyclic) bond motifs is 1. The number of benzene rings is 2. The molecule has 0 saturated heterocycles. The molecule has 0 radical (unpaired) electrons. The van der Waals surface area contributed by atoms with E-state index in [0.29, 0.717) is 36.3 Å². The molecule has 144 valence electrons. The molecule has 0 unspecified atom stereocenters. The second kappa shape index (κ2) is 8.20. The van der Waals surface area contributed by atoms with E-state index in [0.717, 1.165) is 15.6 Å². The number of halogens is 2. The Labute approximate surface area is 174 Å². The van der Waals surface area contributed by atoms with Gasteiger partial charge in [-0.05, 0) is 35.4 Å². The van der Waals surface area contributed by atoms with E-state index in [-0.39, 0.29) is 18.3 Å². The van der Waals surface area contributed by atoms with Crippen LogP contribution in [0.2, 0.25) is 5.02 Å². The Bertz CT molecular complexity index is 1010. The SMILES string of the molecule is O=C(Cc1cc(Cl)c2c(c1)OCCO2)Nc1ncn(Cc2ccc(Br)cc2)n1. The van der Waals surface area contributed by atoms with Gasteiger partial charge in [0.25, 0.3) is 0 Å². The van der Waals surface area contributed by atoms with Crippen molar-refractivity contribution in [2.24, 2.45) is 0 Å². The maximum Gasteiger partial charge on any atom is 0.248 e. The molecule has 4 rings (SSSR count). The molecule has 9 heteroatoms. The highest BCUT2D eigenvalue weighted by Gasteiger charge is 2.18. The van der Waals surface area contributed by atoms with Crippen molar-refractivity contribution in [3.05, 3.63) is 63.3 Å². The smallest absolute Gasteiger partial charge is 0.248 e. The van der Waals surface area contributed by atoms with E-state index in [4.69, 9.17) is 21.1 Å². The van der Waals surface area contributed by atoms with Gasteiger partial charge >= 0.3 is 0 Å². The number of amides is 1. The first-order chi connectivity index (χ1) is 13.6. The molecule has 0 bridgehead atoms. The average Bonchev–Trinajstić information content (AvgIpc) is 3.10. The van der Waals surface area contributed by atoms with E-state index in [2.05, 4.69) is 31.3 Å². The van der Waals surface area contributed by atoms with Crippen molar-refractivity contribution in [3.63, 3.8) is 0 Å². The summed E-state index contributed by atoms with van der Waals surface area (Å²) in [6, 6.07) is 11.4. The zero-order chi connectivity index (χ0) is 19.5. The Morgan fingerprint density at radius 2 is 1.96 bits per heavy atom. The number of nitrogens with zero attached hydrogens (tertiary/aromatic N) is 3. The number of aromatic nitrogens is 3. The van der Waals surface area contributed by atoms with Crippen LogP contribution in [0.4, 0.5) is 5.95 Å². The van der Waals surface area contributed by atoms with Crippen LogP contribution in [0.15, 0.2) is 47.2 Å². The molecule has 1 aliphatic rings. The summed E-state index contributed by atoms with van der Waals surface area (Å²) < 4.78 is 13.7. The molecule has 0 atom stereocenters. The monoisotopic (exact) mass is 462 g/mol. The Kier molecular flexibility index (Phi) is 5.50. The number of hydrogen-bond acceptors (Lipinski definition) is 5. The zero-order valence-electron chi connectivity index (χ0n) is 14.7. The summed E-state index contributed by atoms with van der Waals surface area (Å²) in [5.41, 5.74) is 1.80. The van der Waals surface area contributed by atoms with Gasteiger partial charge in [-0.15, -0.1) is 5.10 Å². The summed E-state index contributed by atoms with van der Waals surface area (Å²) in [7, 11) is 0. The normalized spacial score (nSPS) is 12.6. The van der Waals surface area contributed by atoms with Gasteiger partial charge in [0, 0.05) is 4.47 Å². The quantitative estimate of drug-likeness (QED) is 0.624. The molecule has 2 heterocycles. The average molecular weight is 464 g/mol. The molecule has 2 aromatic carbocycles. The van der Waals surface area contributed by atoms with Crippen molar-refractivity contribution >= 4 is 39.4 Å². The van der Waals surface area contributed by atoms with Crippen LogP contribution in [-0.4, -0.2) is 33.9 Å². The number of hydrogen-bond donors (Lipinski definition) is 1. The third-order valence-electron chi connectivity index (χ3n) is 4.07. The minimum atomic E-state index is -0.242. The lowest BCUT2D eigenvalue weighted by Gasteiger charge is -2.20.